The van der Waals surface area contributed by atoms with Gasteiger partial charge in [-0.1, -0.05) is 0 Å². The van der Waals surface area contributed by atoms with Crippen molar-refractivity contribution in [3.8, 4) is 0 Å². The van der Waals surface area contributed by atoms with Gasteiger partial charge >= 0.3 is 12.0 Å². The van der Waals surface area contributed by atoms with Gasteiger partial charge in [0.05, 0.1) is 6.61 Å². The number of carbonyl (C=O) groups excluding carboxylic acids is 1. The Morgan fingerprint density at radius 1 is 1.33 bits per heavy atom. The summed E-state index contributed by atoms with van der Waals surface area (Å²) in [6.45, 7) is 0.593. The topological polar surface area (TPSA) is 99.1 Å². The second kappa shape index (κ2) is 9.67. The highest BCUT2D eigenvalue weighted by Gasteiger charge is 2.21. The smallest absolute Gasteiger partial charge is 0.328 e. The van der Waals surface area contributed by atoms with Crippen LogP contribution in [-0.4, -0.2) is 67.1 Å². The molecule has 0 saturated carbocycles. The number of unbranched alkanes of at least 4 members (excludes halogenated alkanes) is 2. The van der Waals surface area contributed by atoms with Gasteiger partial charge in [-0.05, 0) is 19.3 Å². The first kappa shape index (κ1) is 16.7. The Balaban J connectivity index is 4.00. The molecule has 0 fully saturated rings. The third-order valence-corrected chi connectivity index (χ3v) is 2.43. The molecule has 0 rings (SSSR count). The van der Waals surface area contributed by atoms with Gasteiger partial charge < -0.3 is 25.2 Å². The van der Waals surface area contributed by atoms with Gasteiger partial charge in [0.1, 0.15) is 0 Å². The second-order valence-corrected chi connectivity index (χ2v) is 4.00. The van der Waals surface area contributed by atoms with Crippen molar-refractivity contribution in [2.75, 3.05) is 33.9 Å². The number of nitrogens with one attached hydrogen (secondary N) is 1. The van der Waals surface area contributed by atoms with Crippen LogP contribution in [0.2, 0.25) is 0 Å². The predicted octanol–water partition coefficient (Wildman–Crippen LogP) is -0.110. The van der Waals surface area contributed by atoms with E-state index in [1.54, 1.807) is 7.05 Å². The van der Waals surface area contributed by atoms with E-state index in [1.807, 2.05) is 0 Å². The van der Waals surface area contributed by atoms with E-state index in [0.29, 0.717) is 13.0 Å². The van der Waals surface area contributed by atoms with Crippen LogP contribution in [0.3, 0.4) is 0 Å². The minimum Gasteiger partial charge on any atom is -0.480 e. The minimum absolute atomic E-state index is 0.0700. The molecule has 0 aromatic heterocycles. The molecular formula is C11H22N2O5. The zero-order chi connectivity index (χ0) is 14.0. The molecule has 0 aliphatic rings. The molecule has 0 heterocycles. The van der Waals surface area contributed by atoms with Crippen LogP contribution in [0, 0.1) is 0 Å². The number of hydrogen-bond acceptors (Lipinski definition) is 4. The minimum atomic E-state index is -1.13. The van der Waals surface area contributed by atoms with Crippen molar-refractivity contribution in [3.63, 3.8) is 0 Å². The van der Waals surface area contributed by atoms with E-state index in [0.717, 1.165) is 12.8 Å². The lowest BCUT2D eigenvalue weighted by Crippen LogP contribution is -2.48. The van der Waals surface area contributed by atoms with Crippen LogP contribution >= 0.6 is 0 Å². The van der Waals surface area contributed by atoms with Crippen molar-refractivity contribution >= 4 is 12.0 Å². The SMILES string of the molecule is COCC(NC(=O)N(C)CCCCCO)C(=O)O. The molecule has 3 N–H and O–H groups in total. The Kier molecular flexibility index (Phi) is 8.95. The lowest BCUT2D eigenvalue weighted by Gasteiger charge is -2.21. The number of aliphatic hydroxyl groups excluding tert-OH is 1. The summed E-state index contributed by atoms with van der Waals surface area (Å²) in [6.07, 6.45) is 2.30. The number of nitrogens with zero attached hydrogens (tertiary/aromatic N) is 1. The Bertz CT molecular complexity index is 260. The largest absolute Gasteiger partial charge is 0.480 e. The first-order valence-corrected chi connectivity index (χ1v) is 5.87. The molecule has 0 spiro atoms. The van der Waals surface area contributed by atoms with E-state index >= 15 is 0 Å². The number of aliphatic carboxylic acids is 1. The van der Waals surface area contributed by atoms with Crippen LogP contribution in [0.5, 0.6) is 0 Å². The summed E-state index contributed by atoms with van der Waals surface area (Å²) in [6, 6.07) is -1.48. The molecule has 0 aliphatic carbocycles. The summed E-state index contributed by atoms with van der Waals surface area (Å²) in [5.41, 5.74) is 0. The quantitative estimate of drug-likeness (QED) is 0.503. The van der Waals surface area contributed by atoms with E-state index in [1.165, 1.54) is 12.0 Å². The summed E-state index contributed by atoms with van der Waals surface area (Å²) < 4.78 is 4.72. The fourth-order valence-corrected chi connectivity index (χ4v) is 1.34. The van der Waals surface area contributed by atoms with Crippen molar-refractivity contribution in [2.24, 2.45) is 0 Å². The maximum atomic E-state index is 11.6. The van der Waals surface area contributed by atoms with Crippen LogP contribution in [0.25, 0.3) is 0 Å². The summed E-state index contributed by atoms with van der Waals surface area (Å²) in [4.78, 5) is 23.9. The van der Waals surface area contributed by atoms with E-state index in [-0.39, 0.29) is 13.2 Å². The molecule has 1 atom stereocenters. The zero-order valence-corrected chi connectivity index (χ0v) is 10.9. The molecule has 0 aromatic rings. The molecule has 0 aliphatic heterocycles. The molecule has 0 radical (unpaired) electrons. The number of carboxylic acid groups (broad SMARTS) is 1. The van der Waals surface area contributed by atoms with Gasteiger partial charge in [0.2, 0.25) is 0 Å². The van der Waals surface area contributed by atoms with E-state index < -0.39 is 18.0 Å². The first-order chi connectivity index (χ1) is 8.52. The highest BCUT2D eigenvalue weighted by atomic mass is 16.5. The Morgan fingerprint density at radius 2 is 2.00 bits per heavy atom. The first-order valence-electron chi connectivity index (χ1n) is 5.87. The summed E-state index contributed by atoms with van der Waals surface area (Å²) in [5.74, 6) is -1.13. The predicted molar refractivity (Wildman–Crippen MR) is 65.4 cm³/mol. The van der Waals surface area contributed by atoms with Gasteiger partial charge in [-0.3, -0.25) is 0 Å². The molecule has 106 valence electrons. The summed E-state index contributed by atoms with van der Waals surface area (Å²) >= 11 is 0. The number of hydrogen-bond donors (Lipinski definition) is 3. The molecule has 2 amide bonds. The van der Waals surface area contributed by atoms with E-state index in [9.17, 15) is 9.59 Å². The van der Waals surface area contributed by atoms with Gasteiger partial charge in [-0.25, -0.2) is 9.59 Å². The van der Waals surface area contributed by atoms with Crippen molar-refractivity contribution in [1.29, 1.82) is 0 Å². The average molecular weight is 262 g/mol. The molecule has 0 aromatic carbocycles. The maximum Gasteiger partial charge on any atom is 0.328 e. The van der Waals surface area contributed by atoms with Crippen LogP contribution in [-0.2, 0) is 9.53 Å². The molecule has 18 heavy (non-hydrogen) atoms. The highest BCUT2D eigenvalue weighted by molar-refractivity contribution is 5.82. The van der Waals surface area contributed by atoms with Crippen LogP contribution in [0.15, 0.2) is 0 Å². The van der Waals surface area contributed by atoms with Crippen LogP contribution < -0.4 is 5.32 Å². The normalized spacial score (nSPS) is 11.9. The fourth-order valence-electron chi connectivity index (χ4n) is 1.34. The number of rotatable bonds is 9. The van der Waals surface area contributed by atoms with Crippen molar-refractivity contribution < 1.29 is 24.5 Å². The van der Waals surface area contributed by atoms with E-state index in [2.05, 4.69) is 5.32 Å². The van der Waals surface area contributed by atoms with Gasteiger partial charge in [-0.2, -0.15) is 0 Å². The maximum absolute atomic E-state index is 11.6. The molecule has 1 unspecified atom stereocenters. The van der Waals surface area contributed by atoms with Gasteiger partial charge in [-0.15, -0.1) is 0 Å². The lowest BCUT2D eigenvalue weighted by atomic mass is 10.2. The number of methoxy groups -OCH3 is 1. The molecular weight excluding hydrogens is 240 g/mol. The number of aliphatic hydroxyl groups is 1. The van der Waals surface area contributed by atoms with Crippen molar-refractivity contribution in [3.05, 3.63) is 0 Å². The molecule has 0 saturated heterocycles. The van der Waals surface area contributed by atoms with Gasteiger partial charge in [0.15, 0.2) is 6.04 Å². The second-order valence-electron chi connectivity index (χ2n) is 4.00. The van der Waals surface area contributed by atoms with Crippen molar-refractivity contribution in [1.82, 2.24) is 10.2 Å². The standard InChI is InChI=1S/C11H22N2O5/c1-13(6-4-3-5-7-14)11(17)12-9(8-18-2)10(15)16/h9,14H,3-8H2,1-2H3,(H,12,17)(H,15,16). The van der Waals surface area contributed by atoms with Gasteiger partial charge in [0.25, 0.3) is 0 Å². The number of urea groups is 1. The van der Waals surface area contributed by atoms with Crippen LogP contribution in [0.4, 0.5) is 4.79 Å². The molecule has 7 heteroatoms. The Labute approximate surface area is 107 Å². The fraction of sp³-hybridized carbons (Fsp3) is 0.818. The summed E-state index contributed by atoms with van der Waals surface area (Å²) in [7, 11) is 2.97. The number of amides is 2. The number of ether oxygens (including phenoxy) is 1. The monoisotopic (exact) mass is 262 g/mol. The zero-order valence-electron chi connectivity index (χ0n) is 10.9. The number of carbonyl (C=O) groups is 2. The highest BCUT2D eigenvalue weighted by Crippen LogP contribution is 1.98. The third kappa shape index (κ3) is 7.08. The van der Waals surface area contributed by atoms with Crippen LogP contribution in [0.1, 0.15) is 19.3 Å². The summed E-state index contributed by atoms with van der Waals surface area (Å²) in [5, 5.41) is 19.8. The van der Waals surface area contributed by atoms with Gasteiger partial charge in [0, 0.05) is 27.3 Å². The third-order valence-electron chi connectivity index (χ3n) is 2.43. The Morgan fingerprint density at radius 3 is 2.50 bits per heavy atom. The Hall–Kier alpha value is -1.34. The lowest BCUT2D eigenvalue weighted by molar-refractivity contribution is -0.140. The molecule has 7 nitrogen and oxygen atoms in total. The number of carboxylic acids is 1. The average Bonchev–Trinajstić information content (AvgIpc) is 2.33. The molecule has 0 bridgehead atoms. The van der Waals surface area contributed by atoms with E-state index in [4.69, 9.17) is 14.9 Å². The van der Waals surface area contributed by atoms with Crippen molar-refractivity contribution in [2.45, 2.75) is 25.3 Å².